The Bertz CT molecular complexity index is 1090. The lowest BCUT2D eigenvalue weighted by Gasteiger charge is -2.38. The van der Waals surface area contributed by atoms with Crippen molar-refractivity contribution in [2.45, 2.75) is 72.8 Å². The number of anilines is 3. The Labute approximate surface area is 220 Å². The highest BCUT2D eigenvalue weighted by Crippen LogP contribution is 2.37. The van der Waals surface area contributed by atoms with Gasteiger partial charge >= 0.3 is 6.09 Å². The highest BCUT2D eigenvalue weighted by molar-refractivity contribution is 6.03. The molecule has 1 saturated heterocycles. The number of piperidine rings is 1. The van der Waals surface area contributed by atoms with Crippen LogP contribution in [0.1, 0.15) is 64.6 Å². The first kappa shape index (κ1) is 28.2. The predicted molar refractivity (Wildman–Crippen MR) is 145 cm³/mol. The van der Waals surface area contributed by atoms with Crippen molar-refractivity contribution < 1.29 is 19.1 Å². The molecule has 9 nitrogen and oxygen atoms in total. The minimum atomic E-state index is -0.546. The van der Waals surface area contributed by atoms with Gasteiger partial charge in [0.1, 0.15) is 23.4 Å². The molecule has 1 aliphatic rings. The second-order valence-electron chi connectivity index (χ2n) is 10.8. The monoisotopic (exact) mass is 511 g/mol. The molecule has 1 aromatic heterocycles. The van der Waals surface area contributed by atoms with Crippen LogP contribution in [-0.4, -0.2) is 52.7 Å². The third-order valence-electron chi connectivity index (χ3n) is 6.89. The molecule has 0 bridgehead atoms. The number of amides is 2. The Morgan fingerprint density at radius 1 is 1.24 bits per heavy atom. The summed E-state index contributed by atoms with van der Waals surface area (Å²) < 4.78 is 11.1. The molecule has 2 heterocycles. The summed E-state index contributed by atoms with van der Waals surface area (Å²) in [5, 5.41) is 0. The summed E-state index contributed by atoms with van der Waals surface area (Å²) in [5.74, 6) is 1.09. The fourth-order valence-corrected chi connectivity index (χ4v) is 4.95. The maximum Gasteiger partial charge on any atom is 0.410 e. The van der Waals surface area contributed by atoms with Gasteiger partial charge in [-0.2, -0.15) is 0 Å². The summed E-state index contributed by atoms with van der Waals surface area (Å²) in [6.07, 6.45) is 4.05. The zero-order valence-electron chi connectivity index (χ0n) is 23.2. The Balaban J connectivity index is 1.89. The lowest BCUT2D eigenvalue weighted by atomic mass is 9.81. The number of nitrogens with zero attached hydrogens (tertiary/aromatic N) is 4. The second-order valence-corrected chi connectivity index (χ2v) is 10.8. The maximum atomic E-state index is 14.0. The molecule has 2 N–H and O–H groups in total. The highest BCUT2D eigenvalue weighted by atomic mass is 16.6. The van der Waals surface area contributed by atoms with E-state index in [1.54, 1.807) is 16.9 Å². The Morgan fingerprint density at radius 2 is 1.97 bits per heavy atom. The van der Waals surface area contributed by atoms with E-state index in [9.17, 15) is 9.59 Å². The van der Waals surface area contributed by atoms with Crippen LogP contribution in [0.25, 0.3) is 0 Å². The average Bonchev–Trinajstić information content (AvgIpc) is 2.84. The van der Waals surface area contributed by atoms with E-state index in [2.05, 4.69) is 16.9 Å². The van der Waals surface area contributed by atoms with Crippen LogP contribution in [0.3, 0.4) is 0 Å². The molecule has 2 amide bonds. The first-order valence-corrected chi connectivity index (χ1v) is 13.0. The second kappa shape index (κ2) is 11.8. The molecule has 202 valence electrons. The summed E-state index contributed by atoms with van der Waals surface area (Å²) in [4.78, 5) is 38.6. The summed E-state index contributed by atoms with van der Waals surface area (Å²) in [6, 6.07) is 5.64. The summed E-state index contributed by atoms with van der Waals surface area (Å²) in [6.45, 7) is 12.7. The molecule has 2 unspecified atom stereocenters. The van der Waals surface area contributed by atoms with E-state index >= 15 is 0 Å². The lowest BCUT2D eigenvalue weighted by molar-refractivity contribution is -0.119. The lowest BCUT2D eigenvalue weighted by Crippen LogP contribution is -2.45. The molecule has 3 rings (SSSR count). The topological polar surface area (TPSA) is 111 Å². The van der Waals surface area contributed by atoms with E-state index in [4.69, 9.17) is 15.2 Å². The van der Waals surface area contributed by atoms with E-state index in [0.29, 0.717) is 42.3 Å². The standard InChI is InChI=1S/C28H41N5O4/c1-8-20(21-10-9-13-32(16-21)27(35)37-28(4,5)6)14-24(34)33(25-19(3)30-17-31-26(25)29)22-12-11-18(2)23(15-22)36-7/h11-12,15,17,20-21H,8-10,13-14,16H2,1-7H3,(H2,29,30,31). The first-order chi connectivity index (χ1) is 17.4. The number of hydrogen-bond acceptors (Lipinski definition) is 7. The number of rotatable bonds is 7. The van der Waals surface area contributed by atoms with Crippen molar-refractivity contribution in [3.05, 3.63) is 35.8 Å². The van der Waals surface area contributed by atoms with Gasteiger partial charge in [-0.25, -0.2) is 14.8 Å². The summed E-state index contributed by atoms with van der Waals surface area (Å²) in [7, 11) is 1.61. The molecular formula is C28H41N5O4. The van der Waals surface area contributed by atoms with Gasteiger partial charge in [-0.1, -0.05) is 19.4 Å². The smallest absolute Gasteiger partial charge is 0.410 e. The fraction of sp³-hybridized carbons (Fsp3) is 0.571. The summed E-state index contributed by atoms with van der Waals surface area (Å²) >= 11 is 0. The number of nitrogens with two attached hydrogens (primary N) is 1. The van der Waals surface area contributed by atoms with Crippen molar-refractivity contribution in [3.8, 4) is 5.75 Å². The van der Waals surface area contributed by atoms with Crippen molar-refractivity contribution in [3.63, 3.8) is 0 Å². The number of likely N-dealkylation sites (tertiary alicyclic amines) is 1. The molecule has 0 spiro atoms. The van der Waals surface area contributed by atoms with E-state index in [1.807, 2.05) is 52.8 Å². The van der Waals surface area contributed by atoms with Gasteiger partial charge in [-0.15, -0.1) is 0 Å². The van der Waals surface area contributed by atoms with Gasteiger partial charge in [-0.05, 0) is 70.9 Å². The van der Waals surface area contributed by atoms with Crippen molar-refractivity contribution in [2.24, 2.45) is 11.8 Å². The van der Waals surface area contributed by atoms with Crippen molar-refractivity contribution in [1.29, 1.82) is 0 Å². The number of aryl methyl sites for hydroxylation is 2. The Morgan fingerprint density at radius 3 is 2.59 bits per heavy atom. The van der Waals surface area contributed by atoms with Crippen LogP contribution in [0.15, 0.2) is 24.5 Å². The molecular weight excluding hydrogens is 470 g/mol. The summed E-state index contributed by atoms with van der Waals surface area (Å²) in [5.41, 5.74) is 8.42. The zero-order valence-corrected chi connectivity index (χ0v) is 23.2. The van der Waals surface area contributed by atoms with Gasteiger partial charge in [0.05, 0.1) is 18.5 Å². The maximum absolute atomic E-state index is 14.0. The van der Waals surface area contributed by atoms with Gasteiger partial charge < -0.3 is 20.1 Å². The van der Waals surface area contributed by atoms with Crippen molar-refractivity contribution in [2.75, 3.05) is 30.8 Å². The van der Waals surface area contributed by atoms with Gasteiger partial charge in [0, 0.05) is 25.6 Å². The van der Waals surface area contributed by atoms with Crippen LogP contribution < -0.4 is 15.4 Å². The number of nitrogen functional groups attached to an aromatic ring is 1. The normalized spacial score (nSPS) is 16.7. The number of carbonyl (C=O) groups is 2. The molecule has 0 aliphatic carbocycles. The molecule has 9 heteroatoms. The molecule has 1 fully saturated rings. The molecule has 0 radical (unpaired) electrons. The van der Waals surface area contributed by atoms with Gasteiger partial charge in [0.15, 0.2) is 5.82 Å². The van der Waals surface area contributed by atoms with Gasteiger partial charge in [0.25, 0.3) is 0 Å². The minimum Gasteiger partial charge on any atom is -0.496 e. The largest absolute Gasteiger partial charge is 0.496 e. The highest BCUT2D eigenvalue weighted by Gasteiger charge is 2.34. The zero-order chi connectivity index (χ0) is 27.3. The first-order valence-electron chi connectivity index (χ1n) is 13.0. The number of carbonyl (C=O) groups excluding carboxylic acids is 2. The minimum absolute atomic E-state index is 0.0822. The average molecular weight is 512 g/mol. The molecule has 0 saturated carbocycles. The van der Waals surface area contributed by atoms with Crippen LogP contribution in [0, 0.1) is 25.7 Å². The molecule has 2 atom stereocenters. The Kier molecular flexibility index (Phi) is 8.99. The number of aromatic nitrogens is 2. The van der Waals surface area contributed by atoms with E-state index in [1.165, 1.54) is 6.33 Å². The quantitative estimate of drug-likeness (QED) is 0.529. The Hall–Kier alpha value is -3.36. The molecule has 2 aromatic rings. The van der Waals surface area contributed by atoms with E-state index < -0.39 is 5.60 Å². The number of ether oxygens (including phenoxy) is 2. The van der Waals surface area contributed by atoms with Crippen molar-refractivity contribution in [1.82, 2.24) is 14.9 Å². The van der Waals surface area contributed by atoms with Crippen molar-refractivity contribution >= 4 is 29.2 Å². The van der Waals surface area contributed by atoms with Gasteiger partial charge in [0.2, 0.25) is 5.91 Å². The number of methoxy groups -OCH3 is 1. The van der Waals surface area contributed by atoms with Crippen LogP contribution in [0.5, 0.6) is 5.75 Å². The van der Waals surface area contributed by atoms with E-state index in [-0.39, 0.29) is 29.7 Å². The third-order valence-corrected chi connectivity index (χ3v) is 6.89. The predicted octanol–water partition coefficient (Wildman–Crippen LogP) is 5.41. The third kappa shape index (κ3) is 6.90. The molecule has 37 heavy (non-hydrogen) atoms. The number of hydrogen-bond donors (Lipinski definition) is 1. The molecule has 1 aliphatic heterocycles. The van der Waals surface area contributed by atoms with Crippen LogP contribution in [0.2, 0.25) is 0 Å². The van der Waals surface area contributed by atoms with Gasteiger partial charge in [-0.3, -0.25) is 9.69 Å². The number of benzene rings is 1. The van der Waals surface area contributed by atoms with E-state index in [0.717, 1.165) is 24.8 Å². The van der Waals surface area contributed by atoms with Crippen LogP contribution in [-0.2, 0) is 9.53 Å². The van der Waals surface area contributed by atoms with Crippen LogP contribution in [0.4, 0.5) is 22.0 Å². The molecule has 1 aromatic carbocycles. The SMILES string of the molecule is CCC(CC(=O)N(c1ccc(C)c(OC)c1)c1c(C)ncnc1N)C1CCCN(C(=O)OC(C)(C)C)C1. The van der Waals surface area contributed by atoms with Crippen LogP contribution >= 0.6 is 0 Å². The fourth-order valence-electron chi connectivity index (χ4n) is 4.95.